The van der Waals surface area contributed by atoms with Gasteiger partial charge in [-0.2, -0.15) is 0 Å². The van der Waals surface area contributed by atoms with E-state index in [1.165, 1.54) is 0 Å². The van der Waals surface area contributed by atoms with Crippen molar-refractivity contribution >= 4 is 5.91 Å². The van der Waals surface area contributed by atoms with Crippen LogP contribution in [0.25, 0.3) is 0 Å². The van der Waals surface area contributed by atoms with Gasteiger partial charge in [0.15, 0.2) is 0 Å². The van der Waals surface area contributed by atoms with Crippen LogP contribution in [-0.2, 0) is 4.79 Å². The van der Waals surface area contributed by atoms with E-state index in [4.69, 9.17) is 5.73 Å². The van der Waals surface area contributed by atoms with Crippen LogP contribution in [0.1, 0.15) is 39.5 Å². The van der Waals surface area contributed by atoms with Gasteiger partial charge < -0.3 is 16.0 Å². The molecule has 0 aliphatic carbocycles. The summed E-state index contributed by atoms with van der Waals surface area (Å²) in [5.74, 6) is 0.271. The monoisotopic (exact) mass is 227 g/mol. The number of nitrogens with zero attached hydrogens (tertiary/aromatic N) is 1. The first kappa shape index (κ1) is 13.5. The van der Waals surface area contributed by atoms with Crippen molar-refractivity contribution in [3.05, 3.63) is 0 Å². The lowest BCUT2D eigenvalue weighted by Crippen LogP contribution is -2.42. The van der Waals surface area contributed by atoms with Crippen LogP contribution in [0, 0.1) is 0 Å². The van der Waals surface area contributed by atoms with E-state index in [-0.39, 0.29) is 11.9 Å². The largest absolute Gasteiger partial charge is 0.338 e. The van der Waals surface area contributed by atoms with E-state index < -0.39 is 0 Å². The summed E-state index contributed by atoms with van der Waals surface area (Å²) < 4.78 is 0. The molecule has 4 heteroatoms. The maximum atomic E-state index is 12.1. The number of carbonyl (C=O) groups excluding carboxylic acids is 1. The van der Waals surface area contributed by atoms with Gasteiger partial charge in [-0.1, -0.05) is 6.92 Å². The molecule has 0 spiro atoms. The summed E-state index contributed by atoms with van der Waals surface area (Å²) in [5.41, 5.74) is 5.69. The zero-order chi connectivity index (χ0) is 12.0. The minimum absolute atomic E-state index is 0.120. The average molecular weight is 227 g/mol. The van der Waals surface area contributed by atoms with Crippen molar-refractivity contribution in [2.75, 3.05) is 19.6 Å². The summed E-state index contributed by atoms with van der Waals surface area (Å²) in [4.78, 5) is 14.1. The van der Waals surface area contributed by atoms with Crippen molar-refractivity contribution < 1.29 is 4.79 Å². The van der Waals surface area contributed by atoms with Gasteiger partial charge in [-0.25, -0.2) is 0 Å². The van der Waals surface area contributed by atoms with Gasteiger partial charge in [0.05, 0.1) is 0 Å². The minimum atomic E-state index is 0.120. The lowest BCUT2D eigenvalue weighted by Gasteiger charge is -2.28. The fourth-order valence-corrected chi connectivity index (χ4v) is 2.15. The van der Waals surface area contributed by atoms with Crippen LogP contribution in [0.3, 0.4) is 0 Å². The predicted octanol–water partition coefficient (Wildman–Crippen LogP) is 0.714. The molecule has 1 aliphatic rings. The van der Waals surface area contributed by atoms with Crippen molar-refractivity contribution in [2.24, 2.45) is 5.73 Å². The summed E-state index contributed by atoms with van der Waals surface area (Å²) in [6.45, 7) is 6.93. The number of hydrogen-bond donors (Lipinski definition) is 2. The molecule has 0 aromatic rings. The molecule has 1 heterocycles. The molecule has 2 unspecified atom stereocenters. The third-order valence-corrected chi connectivity index (χ3v) is 3.07. The molecule has 0 bridgehead atoms. The van der Waals surface area contributed by atoms with Crippen molar-refractivity contribution in [1.29, 1.82) is 0 Å². The Morgan fingerprint density at radius 2 is 2.38 bits per heavy atom. The summed E-state index contributed by atoms with van der Waals surface area (Å²) in [6, 6.07) is 0.523. The molecule has 94 valence electrons. The lowest BCUT2D eigenvalue weighted by atomic mass is 10.1. The summed E-state index contributed by atoms with van der Waals surface area (Å²) in [5, 5.41) is 3.31. The number of nitrogens with one attached hydrogen (secondary N) is 1. The molecule has 1 fully saturated rings. The molecule has 1 saturated heterocycles. The second-order valence-electron chi connectivity index (χ2n) is 4.75. The number of rotatable bonds is 6. The van der Waals surface area contributed by atoms with Crippen LogP contribution in [0.5, 0.6) is 0 Å². The SMILES string of the molecule is CCCN(C(=O)CCC(C)N)C1CCNC1. The summed E-state index contributed by atoms with van der Waals surface area (Å²) >= 11 is 0. The Kier molecular flexibility index (Phi) is 5.77. The number of nitrogens with two attached hydrogens (primary N) is 1. The van der Waals surface area contributed by atoms with E-state index in [9.17, 15) is 4.79 Å². The maximum absolute atomic E-state index is 12.1. The van der Waals surface area contributed by atoms with Gasteiger partial charge in [0, 0.05) is 31.6 Å². The molecule has 1 amide bonds. The molecule has 1 aliphatic heterocycles. The molecular formula is C12H25N3O. The number of hydrogen-bond acceptors (Lipinski definition) is 3. The van der Waals surface area contributed by atoms with Gasteiger partial charge in [-0.05, 0) is 32.7 Å². The Bertz CT molecular complexity index is 212. The first-order chi connectivity index (χ1) is 7.65. The van der Waals surface area contributed by atoms with Crippen molar-refractivity contribution in [1.82, 2.24) is 10.2 Å². The molecule has 1 rings (SSSR count). The second-order valence-corrected chi connectivity index (χ2v) is 4.75. The van der Waals surface area contributed by atoms with Crippen LogP contribution in [0.15, 0.2) is 0 Å². The zero-order valence-corrected chi connectivity index (χ0v) is 10.5. The zero-order valence-electron chi connectivity index (χ0n) is 10.5. The standard InChI is InChI=1S/C12H25N3O/c1-3-8-15(11-6-7-14-9-11)12(16)5-4-10(2)13/h10-11,14H,3-9,13H2,1-2H3. The van der Waals surface area contributed by atoms with Crippen LogP contribution in [0.4, 0.5) is 0 Å². The Labute approximate surface area is 98.6 Å². The predicted molar refractivity (Wildman–Crippen MR) is 66.2 cm³/mol. The number of amides is 1. The smallest absolute Gasteiger partial charge is 0.222 e. The van der Waals surface area contributed by atoms with E-state index in [2.05, 4.69) is 12.2 Å². The minimum Gasteiger partial charge on any atom is -0.338 e. The van der Waals surface area contributed by atoms with Crippen LogP contribution < -0.4 is 11.1 Å². The Hall–Kier alpha value is -0.610. The molecule has 0 aromatic heterocycles. The Morgan fingerprint density at radius 3 is 2.88 bits per heavy atom. The quantitative estimate of drug-likeness (QED) is 0.703. The van der Waals surface area contributed by atoms with Crippen LogP contribution in [-0.4, -0.2) is 42.5 Å². The Morgan fingerprint density at radius 1 is 1.62 bits per heavy atom. The molecule has 16 heavy (non-hydrogen) atoms. The van der Waals surface area contributed by atoms with E-state index in [1.54, 1.807) is 0 Å². The molecule has 0 saturated carbocycles. The normalized spacial score (nSPS) is 22.1. The highest BCUT2D eigenvalue weighted by Crippen LogP contribution is 2.12. The molecular weight excluding hydrogens is 202 g/mol. The molecule has 3 N–H and O–H groups in total. The molecule has 0 aromatic carbocycles. The highest BCUT2D eigenvalue weighted by molar-refractivity contribution is 5.76. The highest BCUT2D eigenvalue weighted by atomic mass is 16.2. The van der Waals surface area contributed by atoms with Crippen LogP contribution >= 0.6 is 0 Å². The van der Waals surface area contributed by atoms with Gasteiger partial charge >= 0.3 is 0 Å². The van der Waals surface area contributed by atoms with Gasteiger partial charge in [-0.15, -0.1) is 0 Å². The summed E-state index contributed by atoms with van der Waals surface area (Å²) in [7, 11) is 0. The van der Waals surface area contributed by atoms with E-state index in [0.29, 0.717) is 12.5 Å². The van der Waals surface area contributed by atoms with Crippen molar-refractivity contribution in [2.45, 2.75) is 51.6 Å². The molecule has 4 nitrogen and oxygen atoms in total. The highest BCUT2D eigenvalue weighted by Gasteiger charge is 2.25. The number of carbonyl (C=O) groups is 1. The third-order valence-electron chi connectivity index (χ3n) is 3.07. The first-order valence-electron chi connectivity index (χ1n) is 6.41. The fourth-order valence-electron chi connectivity index (χ4n) is 2.15. The van der Waals surface area contributed by atoms with Gasteiger partial charge in [0.2, 0.25) is 5.91 Å². The molecule has 0 radical (unpaired) electrons. The average Bonchev–Trinajstić information content (AvgIpc) is 2.75. The van der Waals surface area contributed by atoms with E-state index >= 15 is 0 Å². The van der Waals surface area contributed by atoms with Crippen molar-refractivity contribution in [3.8, 4) is 0 Å². The second kappa shape index (κ2) is 6.86. The first-order valence-corrected chi connectivity index (χ1v) is 6.41. The van der Waals surface area contributed by atoms with Gasteiger partial charge in [0.1, 0.15) is 0 Å². The topological polar surface area (TPSA) is 58.4 Å². The fraction of sp³-hybridized carbons (Fsp3) is 0.917. The van der Waals surface area contributed by atoms with Gasteiger partial charge in [0.25, 0.3) is 0 Å². The molecule has 2 atom stereocenters. The lowest BCUT2D eigenvalue weighted by molar-refractivity contribution is -0.133. The van der Waals surface area contributed by atoms with Crippen LogP contribution in [0.2, 0.25) is 0 Å². The van der Waals surface area contributed by atoms with Gasteiger partial charge in [-0.3, -0.25) is 4.79 Å². The van der Waals surface area contributed by atoms with Crippen molar-refractivity contribution in [3.63, 3.8) is 0 Å². The van der Waals surface area contributed by atoms with E-state index in [1.807, 2.05) is 11.8 Å². The van der Waals surface area contributed by atoms with E-state index in [0.717, 1.165) is 38.9 Å². The maximum Gasteiger partial charge on any atom is 0.222 e. The Balaban J connectivity index is 2.44. The third kappa shape index (κ3) is 4.10. The summed E-state index contributed by atoms with van der Waals surface area (Å²) in [6.07, 6.45) is 3.50.